The lowest BCUT2D eigenvalue weighted by Crippen LogP contribution is -2.49. The number of rotatable bonds is 2. The second-order valence-corrected chi connectivity index (χ2v) is 8.46. The Labute approximate surface area is 182 Å². The van der Waals surface area contributed by atoms with Crippen molar-refractivity contribution in [3.63, 3.8) is 0 Å². The molecule has 1 fully saturated rings. The molecule has 0 N–H and O–H groups in total. The molecule has 0 saturated carbocycles. The summed E-state index contributed by atoms with van der Waals surface area (Å²) in [6, 6.07) is 14.8. The van der Waals surface area contributed by atoms with Crippen LogP contribution in [0.1, 0.15) is 25.0 Å². The molecule has 1 heterocycles. The van der Waals surface area contributed by atoms with Crippen molar-refractivity contribution in [1.82, 2.24) is 4.90 Å². The third kappa shape index (κ3) is 6.04. The molecule has 2 aromatic rings. The van der Waals surface area contributed by atoms with Crippen LogP contribution >= 0.6 is 31.9 Å². The first-order valence-corrected chi connectivity index (χ1v) is 10.5. The maximum absolute atomic E-state index is 12.5. The van der Waals surface area contributed by atoms with Crippen LogP contribution in [0.25, 0.3) is 0 Å². The summed E-state index contributed by atoms with van der Waals surface area (Å²) in [5, 5.41) is 17.5. The molecule has 0 radical (unpaired) electrons. The topological polar surface area (TPSA) is 54.1 Å². The fraction of sp³-hybridized carbons (Fsp3) is 0.333. The van der Waals surface area contributed by atoms with E-state index >= 15 is 0 Å². The van der Waals surface area contributed by atoms with Crippen LogP contribution in [0.2, 0.25) is 0 Å². The minimum atomic E-state index is -0.481. The molecule has 0 spiro atoms. The summed E-state index contributed by atoms with van der Waals surface area (Å²) >= 11 is 6.53. The zero-order valence-electron chi connectivity index (χ0n) is 15.8. The minimum absolute atomic E-state index is 0.0642. The van der Waals surface area contributed by atoms with E-state index in [4.69, 9.17) is 5.26 Å². The van der Waals surface area contributed by atoms with Gasteiger partial charge >= 0.3 is 0 Å². The second kappa shape index (κ2) is 10.6. The van der Waals surface area contributed by atoms with Gasteiger partial charge in [0.15, 0.2) is 0 Å². The van der Waals surface area contributed by atoms with Crippen LogP contribution in [0.4, 0.5) is 10.1 Å². The van der Waals surface area contributed by atoms with Crippen molar-refractivity contribution in [2.24, 2.45) is 0 Å². The van der Waals surface area contributed by atoms with Gasteiger partial charge in [-0.05, 0) is 50.2 Å². The number of hydrogen-bond donors (Lipinski definition) is 0. The number of hydrogen-bond acceptors (Lipinski definition) is 4. The number of piperazine rings is 1. The van der Waals surface area contributed by atoms with Gasteiger partial charge in [0.2, 0.25) is 0 Å². The van der Waals surface area contributed by atoms with Gasteiger partial charge in [-0.15, -0.1) is 0 Å². The van der Waals surface area contributed by atoms with Gasteiger partial charge < -0.3 is 4.90 Å². The first-order valence-electron chi connectivity index (χ1n) is 8.89. The highest BCUT2D eigenvalue weighted by Gasteiger charge is 2.20. The molecule has 0 amide bonds. The van der Waals surface area contributed by atoms with Gasteiger partial charge in [-0.2, -0.15) is 10.5 Å². The van der Waals surface area contributed by atoms with E-state index < -0.39 is 5.82 Å². The van der Waals surface area contributed by atoms with Gasteiger partial charge in [-0.1, -0.05) is 31.9 Å². The molecular weight excluding hydrogens is 487 g/mol. The van der Waals surface area contributed by atoms with Crippen LogP contribution in [-0.2, 0) is 0 Å². The van der Waals surface area contributed by atoms with E-state index in [0.717, 1.165) is 41.9 Å². The van der Waals surface area contributed by atoms with Crippen LogP contribution in [0.5, 0.6) is 0 Å². The van der Waals surface area contributed by atoms with Crippen LogP contribution in [0.15, 0.2) is 45.3 Å². The Bertz CT molecular complexity index is 894. The molecule has 1 aliphatic rings. The lowest BCUT2D eigenvalue weighted by Gasteiger charge is -2.38. The average Bonchev–Trinajstić information content (AvgIpc) is 2.70. The Morgan fingerprint density at radius 3 is 1.93 bits per heavy atom. The monoisotopic (exact) mass is 506 g/mol. The second-order valence-electron chi connectivity index (χ2n) is 6.63. The molecule has 0 bridgehead atoms. The van der Waals surface area contributed by atoms with E-state index in [1.165, 1.54) is 12.1 Å². The fourth-order valence-corrected chi connectivity index (χ4v) is 3.66. The number of nitrogens with zero attached hydrogens (tertiary/aromatic N) is 4. The first kappa shape index (κ1) is 22.4. The molecule has 1 saturated heterocycles. The Morgan fingerprint density at radius 1 is 0.893 bits per heavy atom. The van der Waals surface area contributed by atoms with Crippen molar-refractivity contribution in [2.45, 2.75) is 19.9 Å². The molecule has 3 rings (SSSR count). The molecule has 4 nitrogen and oxygen atoms in total. The fourth-order valence-electron chi connectivity index (χ4n) is 2.94. The Morgan fingerprint density at radius 2 is 1.43 bits per heavy atom. The zero-order chi connectivity index (χ0) is 20.7. The summed E-state index contributed by atoms with van der Waals surface area (Å²) in [5.74, 6) is -0.481. The summed E-state index contributed by atoms with van der Waals surface area (Å²) in [5.41, 5.74) is 1.88. The van der Waals surface area contributed by atoms with E-state index in [9.17, 15) is 9.65 Å². The van der Waals surface area contributed by atoms with Crippen molar-refractivity contribution in [3.8, 4) is 12.1 Å². The Kier molecular flexibility index (Phi) is 8.44. The van der Waals surface area contributed by atoms with Gasteiger partial charge in [0.1, 0.15) is 18.0 Å². The van der Waals surface area contributed by atoms with Crippen molar-refractivity contribution in [1.29, 1.82) is 10.5 Å². The third-order valence-electron chi connectivity index (χ3n) is 4.51. The predicted molar refractivity (Wildman–Crippen MR) is 117 cm³/mol. The van der Waals surface area contributed by atoms with Gasteiger partial charge in [-0.25, -0.2) is 4.39 Å². The van der Waals surface area contributed by atoms with E-state index in [-0.39, 0.29) is 5.56 Å². The van der Waals surface area contributed by atoms with Crippen molar-refractivity contribution in [3.05, 3.63) is 62.3 Å². The quantitative estimate of drug-likeness (QED) is 0.552. The van der Waals surface area contributed by atoms with E-state index in [2.05, 4.69) is 61.6 Å². The molecule has 0 unspecified atom stereocenters. The number of benzene rings is 2. The predicted octanol–water partition coefficient (Wildman–Crippen LogP) is 5.31. The maximum atomic E-state index is 12.5. The van der Waals surface area contributed by atoms with Crippen molar-refractivity contribution < 1.29 is 4.39 Å². The van der Waals surface area contributed by atoms with Gasteiger partial charge in [0.05, 0.1) is 16.8 Å². The maximum Gasteiger partial charge on any atom is 0.141 e. The number of halogens is 3. The standard InChI is InChI=1S/C14H18BrN3.C7H3BrFN/c1-11(2)17-5-7-18(8-6-17)14-4-3-13(15)9-12(14)10-16;8-6-1-2-7(9)5(3-6)4-10/h3-4,9,11H,5-8H2,1-2H3;1-3H. The van der Waals surface area contributed by atoms with E-state index in [1.54, 1.807) is 12.1 Å². The highest BCUT2D eigenvalue weighted by atomic mass is 79.9. The van der Waals surface area contributed by atoms with Gasteiger partial charge in [0.25, 0.3) is 0 Å². The molecule has 0 aliphatic carbocycles. The van der Waals surface area contributed by atoms with Crippen LogP contribution in [0.3, 0.4) is 0 Å². The summed E-state index contributed by atoms with van der Waals surface area (Å²) < 4.78 is 14.2. The molecule has 2 aromatic carbocycles. The summed E-state index contributed by atoms with van der Waals surface area (Å²) in [4.78, 5) is 4.78. The Balaban J connectivity index is 0.000000237. The molecule has 146 valence electrons. The van der Waals surface area contributed by atoms with Crippen molar-refractivity contribution in [2.75, 3.05) is 31.1 Å². The van der Waals surface area contributed by atoms with E-state index in [1.807, 2.05) is 18.2 Å². The highest BCUT2D eigenvalue weighted by molar-refractivity contribution is 9.10. The zero-order valence-corrected chi connectivity index (χ0v) is 19.0. The number of nitriles is 2. The smallest absolute Gasteiger partial charge is 0.141 e. The molecule has 28 heavy (non-hydrogen) atoms. The van der Waals surface area contributed by atoms with E-state index in [0.29, 0.717) is 10.5 Å². The molecular formula is C21H21Br2FN4. The molecule has 7 heteroatoms. The number of anilines is 1. The molecule has 1 aliphatic heterocycles. The summed E-state index contributed by atoms with van der Waals surface area (Å²) in [6.45, 7) is 8.59. The van der Waals surface area contributed by atoms with Crippen LogP contribution < -0.4 is 4.90 Å². The average molecular weight is 508 g/mol. The lowest BCUT2D eigenvalue weighted by molar-refractivity contribution is 0.209. The van der Waals surface area contributed by atoms with Gasteiger partial charge in [0, 0.05) is 41.2 Å². The molecule has 0 atom stereocenters. The highest BCUT2D eigenvalue weighted by Crippen LogP contribution is 2.25. The normalized spacial score (nSPS) is 14.1. The third-order valence-corrected chi connectivity index (χ3v) is 5.50. The van der Waals surface area contributed by atoms with Crippen LogP contribution in [0, 0.1) is 28.5 Å². The van der Waals surface area contributed by atoms with Crippen LogP contribution in [-0.4, -0.2) is 37.1 Å². The van der Waals surface area contributed by atoms with Crippen molar-refractivity contribution >= 4 is 37.5 Å². The first-order chi connectivity index (χ1) is 13.3. The minimum Gasteiger partial charge on any atom is -0.368 e. The lowest BCUT2D eigenvalue weighted by atomic mass is 10.1. The van der Waals surface area contributed by atoms with Gasteiger partial charge in [-0.3, -0.25) is 4.90 Å². The Hall–Kier alpha value is -1.93. The SMILES string of the molecule is CC(C)N1CCN(c2ccc(Br)cc2C#N)CC1.N#Cc1cc(Br)ccc1F. The molecule has 0 aromatic heterocycles. The summed E-state index contributed by atoms with van der Waals surface area (Å²) in [6.07, 6.45) is 0. The largest absolute Gasteiger partial charge is 0.368 e. The summed E-state index contributed by atoms with van der Waals surface area (Å²) in [7, 11) is 0.